The van der Waals surface area contributed by atoms with Crippen LogP contribution in [0.25, 0.3) is 0 Å². The number of amides is 2. The van der Waals surface area contributed by atoms with Crippen molar-refractivity contribution in [2.24, 2.45) is 11.7 Å². The summed E-state index contributed by atoms with van der Waals surface area (Å²) in [6, 6.07) is 10.6. The number of nitrogens with zero attached hydrogens (tertiary/aromatic N) is 1. The standard InChI is InChI=1S/C18H18N2O4.C4H7NO/c21-18(20-15-11-23-16-6-8-22-17(15)16)12-3-1-4-13(9-12)24-14-5-2-7-19-10-14;5-4(6)3-1-2-3/h1-5,7,9-10,15-17H,6,8,11H2,(H,20,21);3H,1-2H2,(H2,5,6). The number of primary amides is 1. The van der Waals surface area contributed by atoms with E-state index >= 15 is 0 Å². The molecular formula is C22H25N3O5. The zero-order valence-corrected chi connectivity index (χ0v) is 16.5. The van der Waals surface area contributed by atoms with Gasteiger partial charge in [-0.15, -0.1) is 0 Å². The van der Waals surface area contributed by atoms with Gasteiger partial charge in [-0.05, 0) is 49.6 Å². The van der Waals surface area contributed by atoms with Crippen molar-refractivity contribution in [1.82, 2.24) is 10.3 Å². The third kappa shape index (κ3) is 5.14. The second-order valence-electron chi connectivity index (χ2n) is 7.57. The van der Waals surface area contributed by atoms with Crippen molar-refractivity contribution in [3.05, 3.63) is 54.4 Å². The maximum Gasteiger partial charge on any atom is 0.251 e. The number of nitrogens with one attached hydrogen (secondary N) is 1. The van der Waals surface area contributed by atoms with Crippen LogP contribution in [-0.4, -0.2) is 48.3 Å². The Morgan fingerprint density at radius 3 is 2.63 bits per heavy atom. The fraction of sp³-hybridized carbons (Fsp3) is 0.409. The minimum atomic E-state index is -0.156. The molecule has 3 aliphatic rings. The predicted octanol–water partition coefficient (Wildman–Crippen LogP) is 2.04. The maximum absolute atomic E-state index is 12.5. The number of pyridine rings is 1. The average Bonchev–Trinajstić information content (AvgIpc) is 3.40. The lowest BCUT2D eigenvalue weighted by Crippen LogP contribution is -2.43. The lowest BCUT2D eigenvalue weighted by atomic mass is 10.1. The first-order valence-corrected chi connectivity index (χ1v) is 10.1. The van der Waals surface area contributed by atoms with E-state index in [0.29, 0.717) is 30.3 Å². The van der Waals surface area contributed by atoms with Crippen LogP contribution in [0, 0.1) is 5.92 Å². The van der Waals surface area contributed by atoms with Gasteiger partial charge in [-0.1, -0.05) is 6.07 Å². The molecular weight excluding hydrogens is 386 g/mol. The number of ether oxygens (including phenoxy) is 3. The molecule has 0 bridgehead atoms. The summed E-state index contributed by atoms with van der Waals surface area (Å²) in [4.78, 5) is 26.5. The van der Waals surface area contributed by atoms with Crippen molar-refractivity contribution < 1.29 is 23.8 Å². The summed E-state index contributed by atoms with van der Waals surface area (Å²) in [6.45, 7) is 1.18. The molecule has 1 aromatic carbocycles. The smallest absolute Gasteiger partial charge is 0.251 e. The summed E-state index contributed by atoms with van der Waals surface area (Å²) in [6.07, 6.45) is 6.31. The van der Waals surface area contributed by atoms with Crippen LogP contribution in [0.1, 0.15) is 29.6 Å². The van der Waals surface area contributed by atoms with E-state index in [2.05, 4.69) is 10.3 Å². The van der Waals surface area contributed by atoms with Gasteiger partial charge in [0.15, 0.2) is 0 Å². The Balaban J connectivity index is 0.000000313. The van der Waals surface area contributed by atoms with Crippen LogP contribution in [0.3, 0.4) is 0 Å². The molecule has 2 aromatic rings. The number of carbonyl (C=O) groups is 2. The largest absolute Gasteiger partial charge is 0.456 e. The highest BCUT2D eigenvalue weighted by atomic mass is 16.6. The Kier molecular flexibility index (Phi) is 6.25. The maximum atomic E-state index is 12.5. The molecule has 1 saturated carbocycles. The highest BCUT2D eigenvalue weighted by molar-refractivity contribution is 5.94. The lowest BCUT2D eigenvalue weighted by molar-refractivity contribution is -0.119. The molecule has 0 radical (unpaired) electrons. The van der Waals surface area contributed by atoms with Crippen molar-refractivity contribution in [3.63, 3.8) is 0 Å². The third-order valence-electron chi connectivity index (χ3n) is 5.23. The molecule has 2 aliphatic heterocycles. The van der Waals surface area contributed by atoms with Crippen molar-refractivity contribution >= 4 is 11.8 Å². The normalized spacial score (nSPS) is 24.3. The quantitative estimate of drug-likeness (QED) is 0.779. The number of hydrogen-bond acceptors (Lipinski definition) is 6. The molecule has 2 amide bonds. The number of fused-ring (bicyclic) bond motifs is 1. The molecule has 0 spiro atoms. The molecule has 3 atom stereocenters. The summed E-state index contributed by atoms with van der Waals surface area (Å²) in [5.74, 6) is 1.17. The first-order chi connectivity index (χ1) is 14.6. The van der Waals surface area contributed by atoms with Crippen molar-refractivity contribution in [3.8, 4) is 11.5 Å². The zero-order valence-electron chi connectivity index (χ0n) is 16.5. The molecule has 2 saturated heterocycles. The summed E-state index contributed by atoms with van der Waals surface area (Å²) in [5, 5.41) is 3.00. The van der Waals surface area contributed by atoms with Crippen LogP contribution in [0.2, 0.25) is 0 Å². The molecule has 30 heavy (non-hydrogen) atoms. The van der Waals surface area contributed by atoms with Crippen LogP contribution >= 0.6 is 0 Å². The second kappa shape index (κ2) is 9.23. The first kappa shape index (κ1) is 20.3. The van der Waals surface area contributed by atoms with Crippen LogP contribution in [0.15, 0.2) is 48.8 Å². The summed E-state index contributed by atoms with van der Waals surface area (Å²) in [7, 11) is 0. The molecule has 5 rings (SSSR count). The molecule has 3 unspecified atom stereocenters. The van der Waals surface area contributed by atoms with E-state index in [9.17, 15) is 9.59 Å². The Labute approximate surface area is 174 Å². The molecule has 3 fully saturated rings. The van der Waals surface area contributed by atoms with Gasteiger partial charge < -0.3 is 25.3 Å². The SMILES string of the molecule is NC(=O)C1CC1.O=C(NC1COC2CCOC12)c1cccc(Oc2cccnc2)c1. The van der Waals surface area contributed by atoms with Gasteiger partial charge in [0, 0.05) is 24.3 Å². The number of rotatable bonds is 5. The van der Waals surface area contributed by atoms with E-state index in [1.165, 1.54) is 0 Å². The van der Waals surface area contributed by atoms with Crippen molar-refractivity contribution in [1.29, 1.82) is 0 Å². The molecule has 3 N–H and O–H groups in total. The van der Waals surface area contributed by atoms with Gasteiger partial charge in [0.25, 0.3) is 5.91 Å². The predicted molar refractivity (Wildman–Crippen MR) is 108 cm³/mol. The number of aromatic nitrogens is 1. The summed E-state index contributed by atoms with van der Waals surface area (Å²) in [5.41, 5.74) is 5.40. The van der Waals surface area contributed by atoms with Crippen LogP contribution in [-0.2, 0) is 14.3 Å². The summed E-state index contributed by atoms with van der Waals surface area (Å²) < 4.78 is 17.0. The number of benzene rings is 1. The van der Waals surface area contributed by atoms with Gasteiger partial charge in [-0.2, -0.15) is 0 Å². The monoisotopic (exact) mass is 411 g/mol. The average molecular weight is 411 g/mol. The minimum Gasteiger partial charge on any atom is -0.456 e. The molecule has 1 aromatic heterocycles. The highest BCUT2D eigenvalue weighted by Gasteiger charge is 2.42. The Morgan fingerprint density at radius 1 is 1.10 bits per heavy atom. The Bertz CT molecular complexity index is 887. The van der Waals surface area contributed by atoms with Crippen LogP contribution in [0.4, 0.5) is 0 Å². The zero-order chi connectivity index (χ0) is 20.9. The van der Waals surface area contributed by atoms with Gasteiger partial charge in [0.1, 0.15) is 17.6 Å². The van der Waals surface area contributed by atoms with E-state index in [-0.39, 0.29) is 36.0 Å². The fourth-order valence-corrected chi connectivity index (χ4v) is 3.46. The lowest BCUT2D eigenvalue weighted by Gasteiger charge is -2.17. The molecule has 3 heterocycles. The van der Waals surface area contributed by atoms with Gasteiger partial charge in [-0.25, -0.2) is 0 Å². The number of carbonyl (C=O) groups excluding carboxylic acids is 2. The Hall–Kier alpha value is -2.97. The van der Waals surface area contributed by atoms with E-state index in [1.807, 2.05) is 6.07 Å². The van der Waals surface area contributed by atoms with Gasteiger partial charge in [0.2, 0.25) is 5.91 Å². The van der Waals surface area contributed by atoms with Gasteiger partial charge in [0.05, 0.1) is 24.9 Å². The van der Waals surface area contributed by atoms with Crippen molar-refractivity contribution in [2.75, 3.05) is 13.2 Å². The van der Waals surface area contributed by atoms with E-state index in [0.717, 1.165) is 19.3 Å². The number of hydrogen-bond donors (Lipinski definition) is 2. The van der Waals surface area contributed by atoms with Gasteiger partial charge in [-0.3, -0.25) is 14.6 Å². The molecule has 1 aliphatic carbocycles. The van der Waals surface area contributed by atoms with Crippen LogP contribution in [0.5, 0.6) is 11.5 Å². The minimum absolute atomic E-state index is 0.0382. The highest BCUT2D eigenvalue weighted by Crippen LogP contribution is 2.28. The molecule has 8 heteroatoms. The van der Waals surface area contributed by atoms with E-state index in [4.69, 9.17) is 19.9 Å². The molecule has 8 nitrogen and oxygen atoms in total. The van der Waals surface area contributed by atoms with E-state index < -0.39 is 0 Å². The first-order valence-electron chi connectivity index (χ1n) is 10.1. The van der Waals surface area contributed by atoms with Gasteiger partial charge >= 0.3 is 0 Å². The van der Waals surface area contributed by atoms with E-state index in [1.54, 1.807) is 42.7 Å². The Morgan fingerprint density at radius 2 is 1.93 bits per heavy atom. The second-order valence-corrected chi connectivity index (χ2v) is 7.57. The van der Waals surface area contributed by atoms with Crippen LogP contribution < -0.4 is 15.8 Å². The summed E-state index contributed by atoms with van der Waals surface area (Å²) >= 11 is 0. The van der Waals surface area contributed by atoms with Crippen molar-refractivity contribution in [2.45, 2.75) is 37.5 Å². The third-order valence-corrected chi connectivity index (χ3v) is 5.23. The topological polar surface area (TPSA) is 113 Å². The number of nitrogens with two attached hydrogens (primary N) is 1. The molecule has 158 valence electrons. The fourth-order valence-electron chi connectivity index (χ4n) is 3.46.